The zero-order valence-corrected chi connectivity index (χ0v) is 15.5. The van der Waals surface area contributed by atoms with Gasteiger partial charge in [-0.15, -0.1) is 0 Å². The van der Waals surface area contributed by atoms with E-state index >= 15 is 0 Å². The van der Waals surface area contributed by atoms with Crippen LogP contribution in [0.3, 0.4) is 0 Å². The SMILES string of the molecule is CN1CCN(C(=O)c2cncnc2)C[C@@H](Cc2cnc3ccccc3c2)C1. The van der Waals surface area contributed by atoms with Crippen LogP contribution < -0.4 is 0 Å². The first kappa shape index (κ1) is 17.5. The number of likely N-dealkylation sites (N-methyl/N-ethyl adjacent to an activating group) is 1. The van der Waals surface area contributed by atoms with E-state index in [0.29, 0.717) is 11.5 Å². The molecule has 0 unspecified atom stereocenters. The van der Waals surface area contributed by atoms with E-state index in [0.717, 1.165) is 43.5 Å². The van der Waals surface area contributed by atoms with Crippen LogP contribution in [0.1, 0.15) is 15.9 Å². The van der Waals surface area contributed by atoms with E-state index < -0.39 is 0 Å². The molecule has 2 aromatic heterocycles. The van der Waals surface area contributed by atoms with Gasteiger partial charge in [0.05, 0.1) is 11.1 Å². The highest BCUT2D eigenvalue weighted by Crippen LogP contribution is 2.19. The first-order valence-corrected chi connectivity index (χ1v) is 9.25. The maximum Gasteiger partial charge on any atom is 0.257 e. The van der Waals surface area contributed by atoms with E-state index in [1.54, 1.807) is 12.4 Å². The Kier molecular flexibility index (Phi) is 5.07. The van der Waals surface area contributed by atoms with Crippen LogP contribution in [0.5, 0.6) is 0 Å². The highest BCUT2D eigenvalue weighted by Gasteiger charge is 2.25. The molecule has 4 rings (SSSR count). The molecule has 1 saturated heterocycles. The summed E-state index contributed by atoms with van der Waals surface area (Å²) >= 11 is 0. The summed E-state index contributed by atoms with van der Waals surface area (Å²) in [4.78, 5) is 29.6. The minimum Gasteiger partial charge on any atom is -0.337 e. The molecule has 0 N–H and O–H groups in total. The summed E-state index contributed by atoms with van der Waals surface area (Å²) < 4.78 is 0. The lowest BCUT2D eigenvalue weighted by Crippen LogP contribution is -2.36. The molecule has 1 aliphatic heterocycles. The van der Waals surface area contributed by atoms with E-state index in [9.17, 15) is 4.79 Å². The quantitative estimate of drug-likeness (QED) is 0.716. The number of carbonyl (C=O) groups excluding carboxylic acids is 1. The van der Waals surface area contributed by atoms with Gasteiger partial charge in [0.1, 0.15) is 6.33 Å². The van der Waals surface area contributed by atoms with Crippen LogP contribution in [-0.2, 0) is 6.42 Å². The van der Waals surface area contributed by atoms with E-state index in [4.69, 9.17) is 0 Å². The Hall–Kier alpha value is -2.86. The Morgan fingerprint density at radius 2 is 1.93 bits per heavy atom. The lowest BCUT2D eigenvalue weighted by atomic mass is 9.98. The highest BCUT2D eigenvalue weighted by molar-refractivity contribution is 5.93. The lowest BCUT2D eigenvalue weighted by molar-refractivity contribution is 0.0745. The predicted octanol–water partition coefficient (Wildman–Crippen LogP) is 2.27. The Balaban J connectivity index is 1.52. The topological polar surface area (TPSA) is 62.2 Å². The smallest absolute Gasteiger partial charge is 0.257 e. The van der Waals surface area contributed by atoms with Crippen LogP contribution >= 0.6 is 0 Å². The van der Waals surface area contributed by atoms with E-state index in [2.05, 4.69) is 39.0 Å². The number of para-hydroxylation sites is 1. The monoisotopic (exact) mass is 361 g/mol. The minimum atomic E-state index is 0.00698. The lowest BCUT2D eigenvalue weighted by Gasteiger charge is -2.24. The van der Waals surface area contributed by atoms with Crippen molar-refractivity contribution in [2.75, 3.05) is 33.2 Å². The fourth-order valence-electron chi connectivity index (χ4n) is 3.75. The van der Waals surface area contributed by atoms with Gasteiger partial charge in [-0.3, -0.25) is 9.78 Å². The molecule has 1 atom stereocenters. The van der Waals surface area contributed by atoms with Crippen molar-refractivity contribution in [3.8, 4) is 0 Å². The minimum absolute atomic E-state index is 0.00698. The van der Waals surface area contributed by atoms with Crippen molar-refractivity contribution in [1.82, 2.24) is 24.8 Å². The van der Waals surface area contributed by atoms with Crippen molar-refractivity contribution in [1.29, 1.82) is 0 Å². The van der Waals surface area contributed by atoms with Crippen molar-refractivity contribution >= 4 is 16.8 Å². The van der Waals surface area contributed by atoms with Crippen molar-refractivity contribution in [3.05, 3.63) is 66.4 Å². The number of rotatable bonds is 3. The third-order valence-electron chi connectivity index (χ3n) is 5.07. The third kappa shape index (κ3) is 4.11. The number of aromatic nitrogens is 3. The molecule has 3 heterocycles. The highest BCUT2D eigenvalue weighted by atomic mass is 16.2. The second-order valence-electron chi connectivity index (χ2n) is 7.25. The molecule has 138 valence electrons. The van der Waals surface area contributed by atoms with Gasteiger partial charge in [-0.2, -0.15) is 0 Å². The second-order valence-corrected chi connectivity index (χ2v) is 7.25. The molecule has 0 radical (unpaired) electrons. The van der Waals surface area contributed by atoms with Crippen molar-refractivity contribution in [2.45, 2.75) is 6.42 Å². The molecule has 0 spiro atoms. The summed E-state index contributed by atoms with van der Waals surface area (Å²) in [5, 5.41) is 1.16. The maximum absolute atomic E-state index is 12.8. The molecule has 6 nitrogen and oxygen atoms in total. The summed E-state index contributed by atoms with van der Waals surface area (Å²) in [5.41, 5.74) is 2.78. The molecule has 6 heteroatoms. The van der Waals surface area contributed by atoms with E-state index in [1.165, 1.54) is 11.9 Å². The molecule has 0 saturated carbocycles. The zero-order chi connectivity index (χ0) is 18.6. The van der Waals surface area contributed by atoms with Crippen LogP contribution in [0.4, 0.5) is 0 Å². The van der Waals surface area contributed by atoms with Gasteiger partial charge in [-0.05, 0) is 37.1 Å². The largest absolute Gasteiger partial charge is 0.337 e. The zero-order valence-electron chi connectivity index (χ0n) is 15.5. The van der Waals surface area contributed by atoms with Crippen molar-refractivity contribution in [2.24, 2.45) is 5.92 Å². The number of hydrogen-bond acceptors (Lipinski definition) is 5. The second kappa shape index (κ2) is 7.80. The van der Waals surface area contributed by atoms with Gasteiger partial charge in [-0.25, -0.2) is 9.97 Å². The van der Waals surface area contributed by atoms with Gasteiger partial charge in [0, 0.05) is 50.2 Å². The summed E-state index contributed by atoms with van der Waals surface area (Å²) in [6.07, 6.45) is 7.49. The normalized spacial score (nSPS) is 18.4. The Morgan fingerprint density at radius 1 is 1.11 bits per heavy atom. The molecule has 1 aliphatic rings. The van der Waals surface area contributed by atoms with E-state index in [-0.39, 0.29) is 5.91 Å². The van der Waals surface area contributed by atoms with Gasteiger partial charge in [0.15, 0.2) is 0 Å². The molecule has 27 heavy (non-hydrogen) atoms. The summed E-state index contributed by atoms with van der Waals surface area (Å²) in [5.74, 6) is 0.363. The number of amides is 1. The Morgan fingerprint density at radius 3 is 2.78 bits per heavy atom. The number of nitrogens with zero attached hydrogens (tertiary/aromatic N) is 5. The van der Waals surface area contributed by atoms with E-state index in [1.807, 2.05) is 29.3 Å². The number of carbonyl (C=O) groups is 1. The first-order chi connectivity index (χ1) is 13.2. The maximum atomic E-state index is 12.8. The van der Waals surface area contributed by atoms with Gasteiger partial charge < -0.3 is 9.80 Å². The molecule has 0 bridgehead atoms. The summed E-state index contributed by atoms with van der Waals surface area (Å²) in [6.45, 7) is 3.27. The number of benzene rings is 1. The molecule has 3 aromatic rings. The molecule has 1 fully saturated rings. The number of fused-ring (bicyclic) bond motifs is 1. The molecular weight excluding hydrogens is 338 g/mol. The summed E-state index contributed by atoms with van der Waals surface area (Å²) in [6, 6.07) is 10.4. The van der Waals surface area contributed by atoms with Crippen LogP contribution in [0.25, 0.3) is 10.9 Å². The van der Waals surface area contributed by atoms with Gasteiger partial charge in [0.2, 0.25) is 0 Å². The number of hydrogen-bond donors (Lipinski definition) is 0. The average Bonchev–Trinajstić information content (AvgIpc) is 2.89. The van der Waals surface area contributed by atoms with Crippen molar-refractivity contribution in [3.63, 3.8) is 0 Å². The van der Waals surface area contributed by atoms with Gasteiger partial charge in [0.25, 0.3) is 5.91 Å². The average molecular weight is 361 g/mol. The standard InChI is InChI=1S/C21H23N5O/c1-25-6-7-26(21(27)19-11-22-15-23-12-19)14-17(13-25)8-16-9-18-4-2-3-5-20(18)24-10-16/h2-5,9-12,15,17H,6-8,13-14H2,1H3/t17-/m0/s1. The third-order valence-corrected chi connectivity index (χ3v) is 5.07. The fraction of sp³-hybridized carbons (Fsp3) is 0.333. The summed E-state index contributed by atoms with van der Waals surface area (Å²) in [7, 11) is 2.12. The van der Waals surface area contributed by atoms with Crippen LogP contribution in [0, 0.1) is 5.92 Å². The Bertz CT molecular complexity index is 930. The van der Waals surface area contributed by atoms with Crippen LogP contribution in [-0.4, -0.2) is 63.9 Å². The van der Waals surface area contributed by atoms with Crippen molar-refractivity contribution < 1.29 is 4.79 Å². The van der Waals surface area contributed by atoms with Gasteiger partial charge >= 0.3 is 0 Å². The first-order valence-electron chi connectivity index (χ1n) is 9.25. The molecule has 1 amide bonds. The van der Waals surface area contributed by atoms with Crippen LogP contribution in [0.2, 0.25) is 0 Å². The number of pyridine rings is 1. The predicted molar refractivity (Wildman–Crippen MR) is 104 cm³/mol. The molecule has 0 aliphatic carbocycles. The van der Waals surface area contributed by atoms with Gasteiger partial charge in [-0.1, -0.05) is 18.2 Å². The fourth-order valence-corrected chi connectivity index (χ4v) is 3.75. The molecular formula is C21H23N5O. The Labute approximate surface area is 158 Å². The molecule has 1 aromatic carbocycles. The van der Waals surface area contributed by atoms with Crippen LogP contribution in [0.15, 0.2) is 55.2 Å².